The van der Waals surface area contributed by atoms with Gasteiger partial charge in [0.1, 0.15) is 12.6 Å². The molecular formula is C28H34N2O5. The zero-order chi connectivity index (χ0) is 24.9. The van der Waals surface area contributed by atoms with Gasteiger partial charge < -0.3 is 20.5 Å². The number of fused-ring (bicyclic) bond motifs is 3. The first-order valence-electron chi connectivity index (χ1n) is 12.5. The fourth-order valence-electron chi connectivity index (χ4n) is 5.36. The number of carboxylic acid groups (broad SMARTS) is 1. The first kappa shape index (κ1) is 24.8. The van der Waals surface area contributed by atoms with Crippen molar-refractivity contribution in [3.8, 4) is 11.1 Å². The summed E-state index contributed by atoms with van der Waals surface area (Å²) in [6.45, 7) is 3.73. The fraction of sp³-hybridized carbons (Fsp3) is 0.464. The summed E-state index contributed by atoms with van der Waals surface area (Å²) < 4.78 is 5.69. The third-order valence-corrected chi connectivity index (χ3v) is 7.23. The number of amides is 2. The molecule has 2 aromatic rings. The molecular weight excluding hydrogens is 444 g/mol. The monoisotopic (exact) mass is 478 g/mol. The van der Waals surface area contributed by atoms with E-state index in [1.165, 1.54) is 0 Å². The van der Waals surface area contributed by atoms with Gasteiger partial charge in [-0.05, 0) is 41.0 Å². The molecule has 3 N–H and O–H groups in total. The summed E-state index contributed by atoms with van der Waals surface area (Å²) in [6, 6.07) is 15.0. The van der Waals surface area contributed by atoms with E-state index in [-0.39, 0.29) is 24.3 Å². The Kier molecular flexibility index (Phi) is 7.73. The van der Waals surface area contributed by atoms with Crippen LogP contribution in [0.3, 0.4) is 0 Å². The smallest absolute Gasteiger partial charge is 0.407 e. The summed E-state index contributed by atoms with van der Waals surface area (Å²) in [4.78, 5) is 37.5. The van der Waals surface area contributed by atoms with Crippen LogP contribution >= 0.6 is 0 Å². The van der Waals surface area contributed by atoms with Gasteiger partial charge in [0.15, 0.2) is 0 Å². The maximum Gasteiger partial charge on any atom is 0.407 e. The largest absolute Gasteiger partial charge is 0.480 e. The minimum Gasteiger partial charge on any atom is -0.480 e. The standard InChI is InChI=1S/C28H34N2O5/c1-17(2)25(27(32)33)30-26(31)22-14-4-3-5-15-24(22)29-28(34)35-16-23-20-12-8-6-10-18(20)19-11-7-9-13-21(19)23/h6-13,17,22-25H,3-5,14-16H2,1-2H3,(H,29,34)(H,30,31)(H,32,33). The number of carboxylic acids is 1. The summed E-state index contributed by atoms with van der Waals surface area (Å²) in [5.74, 6) is -2.14. The molecule has 2 aromatic carbocycles. The summed E-state index contributed by atoms with van der Waals surface area (Å²) >= 11 is 0. The van der Waals surface area contributed by atoms with Crippen LogP contribution in [0.2, 0.25) is 0 Å². The molecule has 0 saturated heterocycles. The van der Waals surface area contributed by atoms with Gasteiger partial charge in [0.2, 0.25) is 5.91 Å². The second-order valence-corrected chi connectivity index (χ2v) is 9.89. The highest BCUT2D eigenvalue weighted by atomic mass is 16.5. The minimum atomic E-state index is -1.05. The Bertz CT molecular complexity index is 1040. The predicted molar refractivity (Wildman–Crippen MR) is 133 cm³/mol. The van der Waals surface area contributed by atoms with E-state index in [4.69, 9.17) is 4.74 Å². The van der Waals surface area contributed by atoms with Crippen molar-refractivity contribution in [2.75, 3.05) is 6.61 Å². The normalized spacial score (nSPS) is 20.3. The van der Waals surface area contributed by atoms with E-state index in [0.29, 0.717) is 12.8 Å². The topological polar surface area (TPSA) is 105 Å². The molecule has 7 heteroatoms. The minimum absolute atomic E-state index is 0.0382. The van der Waals surface area contributed by atoms with E-state index < -0.39 is 30.1 Å². The fourth-order valence-corrected chi connectivity index (χ4v) is 5.36. The lowest BCUT2D eigenvalue weighted by molar-refractivity contribution is -0.144. The number of hydrogen-bond donors (Lipinski definition) is 3. The molecule has 2 aliphatic carbocycles. The van der Waals surface area contributed by atoms with Gasteiger partial charge in [-0.3, -0.25) is 4.79 Å². The molecule has 0 aliphatic heterocycles. The maximum atomic E-state index is 13.0. The van der Waals surface area contributed by atoms with Crippen LogP contribution in [0.15, 0.2) is 48.5 Å². The van der Waals surface area contributed by atoms with Crippen molar-refractivity contribution >= 4 is 18.0 Å². The van der Waals surface area contributed by atoms with Gasteiger partial charge in [-0.2, -0.15) is 0 Å². The van der Waals surface area contributed by atoms with Gasteiger partial charge in [-0.1, -0.05) is 81.6 Å². The van der Waals surface area contributed by atoms with Gasteiger partial charge in [0.05, 0.1) is 5.92 Å². The van der Waals surface area contributed by atoms with Gasteiger partial charge in [0.25, 0.3) is 0 Å². The van der Waals surface area contributed by atoms with Gasteiger partial charge in [0, 0.05) is 12.0 Å². The third-order valence-electron chi connectivity index (χ3n) is 7.23. The molecule has 1 saturated carbocycles. The third kappa shape index (κ3) is 5.50. The zero-order valence-corrected chi connectivity index (χ0v) is 20.3. The van der Waals surface area contributed by atoms with Crippen molar-refractivity contribution in [2.24, 2.45) is 11.8 Å². The predicted octanol–water partition coefficient (Wildman–Crippen LogP) is 4.70. The first-order valence-corrected chi connectivity index (χ1v) is 12.5. The number of alkyl carbamates (subject to hydrolysis) is 1. The number of carbonyl (C=O) groups is 3. The van der Waals surface area contributed by atoms with E-state index in [1.807, 2.05) is 24.3 Å². The molecule has 0 bridgehead atoms. The Morgan fingerprint density at radius 2 is 1.54 bits per heavy atom. The van der Waals surface area contributed by atoms with Crippen molar-refractivity contribution < 1.29 is 24.2 Å². The first-order chi connectivity index (χ1) is 16.9. The number of aliphatic carboxylic acids is 1. The van der Waals surface area contributed by atoms with E-state index >= 15 is 0 Å². The molecule has 0 radical (unpaired) electrons. The number of ether oxygens (including phenoxy) is 1. The highest BCUT2D eigenvalue weighted by molar-refractivity contribution is 5.86. The molecule has 1 fully saturated rings. The number of hydrogen-bond acceptors (Lipinski definition) is 4. The number of carbonyl (C=O) groups excluding carboxylic acids is 2. The number of rotatable bonds is 7. The second-order valence-electron chi connectivity index (χ2n) is 9.89. The van der Waals surface area contributed by atoms with Crippen LogP contribution in [0, 0.1) is 11.8 Å². The van der Waals surface area contributed by atoms with E-state index in [9.17, 15) is 19.5 Å². The molecule has 7 nitrogen and oxygen atoms in total. The Morgan fingerprint density at radius 3 is 2.14 bits per heavy atom. The highest BCUT2D eigenvalue weighted by Crippen LogP contribution is 2.44. The molecule has 0 aromatic heterocycles. The Balaban J connectivity index is 1.42. The molecule has 2 amide bonds. The van der Waals surface area contributed by atoms with Gasteiger partial charge in [-0.15, -0.1) is 0 Å². The lowest BCUT2D eigenvalue weighted by atomic mass is 9.92. The van der Waals surface area contributed by atoms with Crippen LogP contribution in [0.25, 0.3) is 11.1 Å². The van der Waals surface area contributed by atoms with Crippen LogP contribution in [0.5, 0.6) is 0 Å². The van der Waals surface area contributed by atoms with Crippen molar-refractivity contribution in [2.45, 2.75) is 64.0 Å². The van der Waals surface area contributed by atoms with Crippen molar-refractivity contribution in [3.05, 3.63) is 59.7 Å². The second kappa shape index (κ2) is 10.9. The SMILES string of the molecule is CC(C)C(NC(=O)C1CCCCCC1NC(=O)OCC1c2ccccc2-c2ccccc21)C(=O)O. The summed E-state index contributed by atoms with van der Waals surface area (Å²) in [6.07, 6.45) is 3.44. The van der Waals surface area contributed by atoms with Crippen molar-refractivity contribution in [3.63, 3.8) is 0 Å². The Hall–Kier alpha value is -3.35. The summed E-state index contributed by atoms with van der Waals surface area (Å²) in [7, 11) is 0. The van der Waals surface area contributed by atoms with Crippen LogP contribution in [-0.4, -0.2) is 41.8 Å². The Morgan fingerprint density at radius 1 is 0.943 bits per heavy atom. The molecule has 0 spiro atoms. The average Bonchev–Trinajstić information content (AvgIpc) is 2.97. The lowest BCUT2D eigenvalue weighted by Crippen LogP contribution is -2.51. The highest BCUT2D eigenvalue weighted by Gasteiger charge is 2.35. The zero-order valence-electron chi connectivity index (χ0n) is 20.3. The van der Waals surface area contributed by atoms with Crippen LogP contribution in [0.4, 0.5) is 4.79 Å². The van der Waals surface area contributed by atoms with Gasteiger partial charge in [-0.25, -0.2) is 9.59 Å². The van der Waals surface area contributed by atoms with Gasteiger partial charge >= 0.3 is 12.1 Å². The van der Waals surface area contributed by atoms with E-state index in [2.05, 4.69) is 34.9 Å². The van der Waals surface area contributed by atoms with Crippen LogP contribution in [0.1, 0.15) is 63.0 Å². The van der Waals surface area contributed by atoms with Crippen LogP contribution < -0.4 is 10.6 Å². The Labute approximate surface area is 206 Å². The van der Waals surface area contributed by atoms with Crippen molar-refractivity contribution in [1.82, 2.24) is 10.6 Å². The molecule has 2 aliphatic rings. The quantitative estimate of drug-likeness (QED) is 0.501. The van der Waals surface area contributed by atoms with E-state index in [0.717, 1.165) is 41.5 Å². The lowest BCUT2D eigenvalue weighted by Gasteiger charge is -2.27. The number of nitrogens with one attached hydrogen (secondary N) is 2. The number of benzene rings is 2. The van der Waals surface area contributed by atoms with E-state index in [1.54, 1.807) is 13.8 Å². The summed E-state index contributed by atoms with van der Waals surface area (Å²) in [5, 5.41) is 15.1. The summed E-state index contributed by atoms with van der Waals surface area (Å²) in [5.41, 5.74) is 4.61. The van der Waals surface area contributed by atoms with Crippen molar-refractivity contribution in [1.29, 1.82) is 0 Å². The molecule has 3 atom stereocenters. The molecule has 35 heavy (non-hydrogen) atoms. The molecule has 186 valence electrons. The maximum absolute atomic E-state index is 13.0. The molecule has 4 rings (SSSR count). The molecule has 0 heterocycles. The van der Waals surface area contributed by atoms with Crippen LogP contribution in [-0.2, 0) is 14.3 Å². The molecule has 3 unspecified atom stereocenters. The average molecular weight is 479 g/mol.